The molecule has 2 aliphatic rings. The molecular weight excluding hydrogens is 738 g/mol. The Morgan fingerprint density at radius 2 is 0.847 bits per heavy atom. The van der Waals surface area contributed by atoms with Gasteiger partial charge >= 0.3 is 0 Å². The van der Waals surface area contributed by atoms with Gasteiger partial charge in [-0.1, -0.05) is 182 Å². The van der Waals surface area contributed by atoms with Crippen LogP contribution in [-0.2, 0) is 9.98 Å². The minimum Gasteiger partial charge on any atom is -0.319 e. The van der Waals surface area contributed by atoms with Gasteiger partial charge in [0.25, 0.3) is 0 Å². The van der Waals surface area contributed by atoms with E-state index in [1.54, 1.807) is 0 Å². The summed E-state index contributed by atoms with van der Waals surface area (Å²) in [4.78, 5) is 15.4. The van der Waals surface area contributed by atoms with E-state index in [0.717, 1.165) is 50.2 Å². The lowest BCUT2D eigenvalue weighted by Gasteiger charge is -2.39. The molecule has 2 bridgehead atoms. The van der Waals surface area contributed by atoms with E-state index in [4.69, 9.17) is 15.0 Å². The average Bonchev–Trinajstić information content (AvgIpc) is 3.93. The molecule has 3 unspecified atom stereocenters. The lowest BCUT2D eigenvalue weighted by molar-refractivity contribution is 0.320. The van der Waals surface area contributed by atoms with Gasteiger partial charge < -0.3 is 4.57 Å². The van der Waals surface area contributed by atoms with Gasteiger partial charge in [0.2, 0.25) is 0 Å². The Morgan fingerprint density at radius 1 is 0.441 bits per heavy atom. The normalized spacial score (nSPS) is 18.5. The van der Waals surface area contributed by atoms with Crippen molar-refractivity contribution >= 4 is 12.4 Å². The molecule has 3 atom stereocenters. The van der Waals surface area contributed by atoms with E-state index in [2.05, 4.69) is 158 Å². The first kappa shape index (κ1) is 37.1. The predicted octanol–water partition coefficient (Wildman–Crippen LogP) is 13.2. The van der Waals surface area contributed by atoms with Gasteiger partial charge in [0.1, 0.15) is 7.14 Å². The van der Waals surface area contributed by atoms with Gasteiger partial charge in [0.05, 0.1) is 0 Å². The Bertz CT molecular complexity index is 2800. The zero-order valence-corrected chi connectivity index (χ0v) is 34.4. The van der Waals surface area contributed by atoms with Crippen LogP contribution >= 0.6 is 7.14 Å². The molecule has 10 rings (SSSR count). The number of benzene rings is 7. The van der Waals surface area contributed by atoms with Crippen LogP contribution in [0.2, 0.25) is 0 Å². The van der Waals surface area contributed by atoms with E-state index in [1.807, 2.05) is 37.6 Å². The molecule has 1 aromatic heterocycles. The smallest absolute Gasteiger partial charge is 0.164 e. The minimum atomic E-state index is -2.29. The predicted molar refractivity (Wildman–Crippen MR) is 244 cm³/mol. The van der Waals surface area contributed by atoms with Crippen molar-refractivity contribution < 1.29 is 4.57 Å². The molecule has 0 spiro atoms. The molecule has 1 heterocycles. The fraction of sp³-hybridized carbons (Fsp3) is 0.167. The van der Waals surface area contributed by atoms with E-state index >= 15 is 0 Å². The van der Waals surface area contributed by atoms with Gasteiger partial charge in [-0.05, 0) is 95.0 Å². The average molecular weight is 784 g/mol. The minimum absolute atomic E-state index is 0.0330. The summed E-state index contributed by atoms with van der Waals surface area (Å²) in [5, 5.41) is 0.918. The van der Waals surface area contributed by atoms with Gasteiger partial charge in [-0.25, -0.2) is 15.0 Å². The summed E-state index contributed by atoms with van der Waals surface area (Å²) < 4.78 is 12.6. The third kappa shape index (κ3) is 7.17. The molecule has 2 saturated carbocycles. The maximum Gasteiger partial charge on any atom is 0.164 e. The Kier molecular flexibility index (Phi) is 9.54. The first-order chi connectivity index (χ1) is 28.8. The first-order valence-electron chi connectivity index (χ1n) is 20.8. The van der Waals surface area contributed by atoms with E-state index in [0.29, 0.717) is 23.4 Å². The lowest BCUT2D eigenvalue weighted by Crippen LogP contribution is -2.34. The van der Waals surface area contributed by atoms with Crippen molar-refractivity contribution in [2.75, 3.05) is 13.3 Å². The Hall–Kier alpha value is -6.22. The van der Waals surface area contributed by atoms with Crippen LogP contribution in [-0.4, -0.2) is 28.3 Å². The van der Waals surface area contributed by atoms with Crippen LogP contribution in [0, 0.1) is 11.8 Å². The molecule has 4 nitrogen and oxygen atoms in total. The summed E-state index contributed by atoms with van der Waals surface area (Å²) in [6.45, 7) is 3.66. The maximum absolute atomic E-state index is 12.6. The zero-order chi connectivity index (χ0) is 40.0. The van der Waals surface area contributed by atoms with Crippen LogP contribution in [0.5, 0.6) is 0 Å². The van der Waals surface area contributed by atoms with Crippen LogP contribution in [0.1, 0.15) is 36.8 Å². The molecule has 0 amide bonds. The summed E-state index contributed by atoms with van der Waals surface area (Å²) in [6.07, 6.45) is 5.03. The third-order valence-corrected chi connectivity index (χ3v) is 14.4. The number of hydrogen-bond donors (Lipinski definition) is 0. The molecule has 59 heavy (non-hydrogen) atoms. The summed E-state index contributed by atoms with van der Waals surface area (Å²) >= 11 is 0. The summed E-state index contributed by atoms with van der Waals surface area (Å²) in [5.74, 6) is 3.32. The molecule has 5 heteroatoms. The fourth-order valence-corrected chi connectivity index (χ4v) is 10.6. The standard InChI is InChI=1S/C54H46N3OP/c1-59(2,58)50-32-25-42(26-33-50)41-21-28-47(29-22-41)54(36-37-16-27-49(54)34-37)48-30-23-44(24-31-48)52-55-51(43-19-17-40(18-20-43)38-10-5-3-6-11-38)56-53(57-52)46-15-9-14-45(35-46)39-12-7-4-8-13-39/h3-15,17-26,28-33,35,37,49H,16,27,34,36H2,1-2H3. The molecule has 7 aromatic carbocycles. The van der Waals surface area contributed by atoms with Crippen LogP contribution in [0.3, 0.4) is 0 Å². The van der Waals surface area contributed by atoms with Crippen molar-refractivity contribution in [3.63, 3.8) is 0 Å². The molecule has 2 aliphatic carbocycles. The van der Waals surface area contributed by atoms with E-state index in [9.17, 15) is 4.57 Å². The molecule has 0 N–H and O–H groups in total. The van der Waals surface area contributed by atoms with Gasteiger partial charge in [-0.3, -0.25) is 0 Å². The largest absolute Gasteiger partial charge is 0.319 e. The van der Waals surface area contributed by atoms with Crippen molar-refractivity contribution in [3.05, 3.63) is 193 Å². The molecule has 0 radical (unpaired) electrons. The highest BCUT2D eigenvalue weighted by atomic mass is 31.2. The van der Waals surface area contributed by atoms with Crippen molar-refractivity contribution in [1.29, 1.82) is 0 Å². The Balaban J connectivity index is 1.02. The van der Waals surface area contributed by atoms with Crippen LogP contribution in [0.15, 0.2) is 182 Å². The highest BCUT2D eigenvalue weighted by Crippen LogP contribution is 2.60. The molecule has 2 fully saturated rings. The number of fused-ring (bicyclic) bond motifs is 2. The third-order valence-electron chi connectivity index (χ3n) is 12.8. The zero-order valence-electron chi connectivity index (χ0n) is 33.5. The Morgan fingerprint density at radius 3 is 1.34 bits per heavy atom. The van der Waals surface area contributed by atoms with Gasteiger partial charge in [0, 0.05) is 27.4 Å². The van der Waals surface area contributed by atoms with E-state index in [-0.39, 0.29) is 5.41 Å². The number of hydrogen-bond acceptors (Lipinski definition) is 4. The van der Waals surface area contributed by atoms with Crippen molar-refractivity contribution in [2.45, 2.75) is 31.1 Å². The fourth-order valence-electron chi connectivity index (χ4n) is 9.77. The number of rotatable bonds is 9. The van der Waals surface area contributed by atoms with Crippen molar-refractivity contribution in [2.24, 2.45) is 11.8 Å². The second-order valence-electron chi connectivity index (χ2n) is 16.8. The summed E-state index contributed by atoms with van der Waals surface area (Å²) in [5.41, 5.74) is 12.5. The maximum atomic E-state index is 12.6. The summed E-state index contributed by atoms with van der Waals surface area (Å²) in [7, 11) is -2.29. The molecule has 0 aliphatic heterocycles. The second-order valence-corrected chi connectivity index (χ2v) is 20.0. The lowest BCUT2D eigenvalue weighted by atomic mass is 9.64. The van der Waals surface area contributed by atoms with Gasteiger partial charge in [0.15, 0.2) is 17.5 Å². The molecule has 8 aromatic rings. The van der Waals surface area contributed by atoms with E-state index < -0.39 is 7.14 Å². The van der Waals surface area contributed by atoms with Gasteiger partial charge in [-0.2, -0.15) is 0 Å². The number of aromatic nitrogens is 3. The van der Waals surface area contributed by atoms with E-state index in [1.165, 1.54) is 47.9 Å². The first-order valence-corrected chi connectivity index (χ1v) is 23.4. The molecule has 0 saturated heterocycles. The van der Waals surface area contributed by atoms with Gasteiger partial charge in [-0.15, -0.1) is 0 Å². The monoisotopic (exact) mass is 783 g/mol. The quantitative estimate of drug-likeness (QED) is 0.137. The van der Waals surface area contributed by atoms with Crippen molar-refractivity contribution in [1.82, 2.24) is 15.0 Å². The topological polar surface area (TPSA) is 55.7 Å². The van der Waals surface area contributed by atoms with Crippen molar-refractivity contribution in [3.8, 4) is 67.5 Å². The van der Waals surface area contributed by atoms with Crippen LogP contribution in [0.4, 0.5) is 0 Å². The highest BCUT2D eigenvalue weighted by molar-refractivity contribution is 7.70. The molecule has 288 valence electrons. The van der Waals surface area contributed by atoms with Crippen LogP contribution in [0.25, 0.3) is 67.5 Å². The molecular formula is C54H46N3OP. The second kappa shape index (κ2) is 15.2. The number of nitrogens with zero attached hydrogens (tertiary/aromatic N) is 3. The SMILES string of the molecule is CP(C)(=O)c1ccc(-c2ccc(C3(c4ccc(-c5nc(-c6ccc(-c7ccccc7)cc6)nc(-c6cccc(-c7ccccc7)c6)n5)cc4)CC4CCC3C4)cc2)cc1. The Labute approximate surface area is 347 Å². The highest BCUT2D eigenvalue weighted by Gasteiger charge is 2.52. The van der Waals surface area contributed by atoms with Crippen LogP contribution < -0.4 is 5.30 Å². The summed E-state index contributed by atoms with van der Waals surface area (Å²) in [6, 6.07) is 64.5.